The van der Waals surface area contributed by atoms with Crippen molar-refractivity contribution in [3.05, 3.63) is 35.4 Å². The van der Waals surface area contributed by atoms with E-state index in [4.69, 9.17) is 5.73 Å². The lowest BCUT2D eigenvalue weighted by Gasteiger charge is -2.32. The van der Waals surface area contributed by atoms with Crippen LogP contribution in [0.15, 0.2) is 24.3 Å². The van der Waals surface area contributed by atoms with E-state index in [0.717, 1.165) is 19.0 Å². The normalized spacial score (nSPS) is 25.3. The third-order valence-electron chi connectivity index (χ3n) is 4.40. The molecule has 0 spiro atoms. The molecule has 1 aliphatic carbocycles. The fourth-order valence-electron chi connectivity index (χ4n) is 3.20. The number of nitrogens with two attached hydrogens (primary N) is 1. The first kappa shape index (κ1) is 12.2. The molecule has 1 aliphatic heterocycles. The molecule has 18 heavy (non-hydrogen) atoms. The van der Waals surface area contributed by atoms with Gasteiger partial charge in [-0.3, -0.25) is 4.90 Å². The fraction of sp³-hybridized carbons (Fsp3) is 0.625. The minimum Gasteiger partial charge on any atom is -0.330 e. The minimum absolute atomic E-state index is 0.715. The van der Waals surface area contributed by atoms with Crippen LogP contribution >= 0.6 is 0 Å². The van der Waals surface area contributed by atoms with E-state index < -0.39 is 0 Å². The summed E-state index contributed by atoms with van der Waals surface area (Å²) in [6.07, 6.45) is 5.41. The van der Waals surface area contributed by atoms with Gasteiger partial charge in [0.2, 0.25) is 0 Å². The van der Waals surface area contributed by atoms with Crippen molar-refractivity contribution >= 4 is 0 Å². The second-order valence-corrected chi connectivity index (χ2v) is 5.95. The van der Waals surface area contributed by atoms with Gasteiger partial charge in [0.1, 0.15) is 0 Å². The van der Waals surface area contributed by atoms with Crippen LogP contribution in [0.4, 0.5) is 0 Å². The second kappa shape index (κ2) is 5.41. The Labute approximate surface area is 110 Å². The second-order valence-electron chi connectivity index (χ2n) is 5.95. The number of likely N-dealkylation sites (tertiary alicyclic amines) is 1. The molecule has 1 aromatic rings. The highest BCUT2D eigenvalue weighted by Gasteiger charge is 2.26. The lowest BCUT2D eigenvalue weighted by atomic mass is 9.96. The lowest BCUT2D eigenvalue weighted by molar-refractivity contribution is 0.170. The van der Waals surface area contributed by atoms with E-state index in [1.165, 1.54) is 38.8 Å². The van der Waals surface area contributed by atoms with Gasteiger partial charge in [-0.05, 0) is 61.7 Å². The van der Waals surface area contributed by atoms with Crippen LogP contribution in [-0.2, 0) is 6.54 Å². The highest BCUT2D eigenvalue weighted by molar-refractivity contribution is 5.33. The molecule has 2 fully saturated rings. The minimum atomic E-state index is 0.715. The number of rotatable bonds is 4. The standard InChI is InChI=1S/C16H24N2/c17-10-13-4-3-9-18(11-13)12-15-5-1-2-6-16(15)14-7-8-14/h1-2,5-6,13-14H,3-4,7-12,17H2. The van der Waals surface area contributed by atoms with E-state index in [1.54, 1.807) is 11.1 Å². The quantitative estimate of drug-likeness (QED) is 0.882. The zero-order valence-corrected chi connectivity index (χ0v) is 11.1. The monoisotopic (exact) mass is 244 g/mol. The zero-order valence-electron chi connectivity index (χ0n) is 11.1. The molecule has 0 aromatic heterocycles. The molecule has 0 radical (unpaired) electrons. The van der Waals surface area contributed by atoms with Gasteiger partial charge >= 0.3 is 0 Å². The molecule has 3 rings (SSSR count). The van der Waals surface area contributed by atoms with Gasteiger partial charge in [-0.15, -0.1) is 0 Å². The maximum Gasteiger partial charge on any atom is 0.0236 e. The van der Waals surface area contributed by atoms with Crippen LogP contribution in [0.5, 0.6) is 0 Å². The molecular weight excluding hydrogens is 220 g/mol. The van der Waals surface area contributed by atoms with Crippen molar-refractivity contribution in [2.45, 2.75) is 38.1 Å². The molecule has 1 atom stereocenters. The van der Waals surface area contributed by atoms with Crippen molar-refractivity contribution in [1.82, 2.24) is 4.90 Å². The van der Waals surface area contributed by atoms with Gasteiger partial charge in [0, 0.05) is 13.1 Å². The Morgan fingerprint density at radius 3 is 2.78 bits per heavy atom. The summed E-state index contributed by atoms with van der Waals surface area (Å²) in [6.45, 7) is 4.41. The predicted molar refractivity (Wildman–Crippen MR) is 75.5 cm³/mol. The Balaban J connectivity index is 1.68. The molecule has 2 aliphatic rings. The van der Waals surface area contributed by atoms with E-state index in [-0.39, 0.29) is 0 Å². The maximum absolute atomic E-state index is 5.82. The SMILES string of the molecule is NCC1CCCN(Cc2ccccc2C2CC2)C1. The number of nitrogens with zero attached hydrogens (tertiary/aromatic N) is 1. The Bertz CT molecular complexity index is 398. The van der Waals surface area contributed by atoms with Gasteiger partial charge in [-0.2, -0.15) is 0 Å². The van der Waals surface area contributed by atoms with E-state index in [9.17, 15) is 0 Å². The molecule has 98 valence electrons. The van der Waals surface area contributed by atoms with Crippen LogP contribution in [0.1, 0.15) is 42.7 Å². The molecule has 1 saturated heterocycles. The fourth-order valence-corrected chi connectivity index (χ4v) is 3.20. The average Bonchev–Trinajstić information content (AvgIpc) is 3.24. The van der Waals surface area contributed by atoms with Crippen molar-refractivity contribution in [1.29, 1.82) is 0 Å². The van der Waals surface area contributed by atoms with Crippen LogP contribution in [0.3, 0.4) is 0 Å². The molecule has 1 aromatic carbocycles. The molecule has 1 saturated carbocycles. The van der Waals surface area contributed by atoms with Crippen molar-refractivity contribution in [3.63, 3.8) is 0 Å². The Morgan fingerprint density at radius 2 is 2.00 bits per heavy atom. The van der Waals surface area contributed by atoms with Crippen LogP contribution in [0.2, 0.25) is 0 Å². The van der Waals surface area contributed by atoms with Gasteiger partial charge in [0.15, 0.2) is 0 Å². The molecule has 1 heterocycles. The molecule has 2 heteroatoms. The molecule has 0 amide bonds. The summed E-state index contributed by atoms with van der Waals surface area (Å²) in [4.78, 5) is 2.60. The highest BCUT2D eigenvalue weighted by atomic mass is 15.1. The van der Waals surface area contributed by atoms with E-state index in [2.05, 4.69) is 29.2 Å². The smallest absolute Gasteiger partial charge is 0.0236 e. The molecule has 1 unspecified atom stereocenters. The first-order valence-corrected chi connectivity index (χ1v) is 7.37. The third kappa shape index (κ3) is 2.76. The summed E-state index contributed by atoms with van der Waals surface area (Å²) < 4.78 is 0. The number of hydrogen-bond donors (Lipinski definition) is 1. The molecule has 0 bridgehead atoms. The van der Waals surface area contributed by atoms with Crippen molar-refractivity contribution < 1.29 is 0 Å². The summed E-state index contributed by atoms with van der Waals surface area (Å²) in [5.41, 5.74) is 8.98. The topological polar surface area (TPSA) is 29.3 Å². The summed E-state index contributed by atoms with van der Waals surface area (Å²) in [5, 5.41) is 0. The first-order chi connectivity index (χ1) is 8.86. The van der Waals surface area contributed by atoms with E-state index in [1.807, 2.05) is 0 Å². The summed E-state index contributed by atoms with van der Waals surface area (Å²) in [6, 6.07) is 9.03. The highest BCUT2D eigenvalue weighted by Crippen LogP contribution is 2.41. The van der Waals surface area contributed by atoms with Gasteiger partial charge in [0.05, 0.1) is 0 Å². The first-order valence-electron chi connectivity index (χ1n) is 7.37. The number of hydrogen-bond acceptors (Lipinski definition) is 2. The zero-order chi connectivity index (χ0) is 12.4. The van der Waals surface area contributed by atoms with Gasteiger partial charge in [0.25, 0.3) is 0 Å². The molecule has 2 nitrogen and oxygen atoms in total. The predicted octanol–water partition coefficient (Wildman–Crippen LogP) is 2.73. The van der Waals surface area contributed by atoms with Gasteiger partial charge < -0.3 is 5.73 Å². The summed E-state index contributed by atoms with van der Waals surface area (Å²) in [7, 11) is 0. The van der Waals surface area contributed by atoms with E-state index >= 15 is 0 Å². The van der Waals surface area contributed by atoms with Crippen LogP contribution in [-0.4, -0.2) is 24.5 Å². The molecule has 2 N–H and O–H groups in total. The van der Waals surface area contributed by atoms with Gasteiger partial charge in [-0.1, -0.05) is 24.3 Å². The average molecular weight is 244 g/mol. The van der Waals surface area contributed by atoms with Crippen molar-refractivity contribution in [2.24, 2.45) is 11.7 Å². The molecular formula is C16H24N2. The largest absolute Gasteiger partial charge is 0.330 e. The number of benzene rings is 1. The Kier molecular flexibility index (Phi) is 3.67. The van der Waals surface area contributed by atoms with Crippen molar-refractivity contribution in [2.75, 3.05) is 19.6 Å². The van der Waals surface area contributed by atoms with Crippen LogP contribution in [0.25, 0.3) is 0 Å². The van der Waals surface area contributed by atoms with Crippen LogP contribution < -0.4 is 5.73 Å². The van der Waals surface area contributed by atoms with Gasteiger partial charge in [-0.25, -0.2) is 0 Å². The Morgan fingerprint density at radius 1 is 1.17 bits per heavy atom. The van der Waals surface area contributed by atoms with Crippen LogP contribution in [0, 0.1) is 5.92 Å². The summed E-state index contributed by atoms with van der Waals surface area (Å²) >= 11 is 0. The summed E-state index contributed by atoms with van der Waals surface area (Å²) in [5.74, 6) is 1.57. The maximum atomic E-state index is 5.82. The third-order valence-corrected chi connectivity index (χ3v) is 4.40. The van der Waals surface area contributed by atoms with Crippen molar-refractivity contribution in [3.8, 4) is 0 Å². The Hall–Kier alpha value is -0.860. The van der Waals surface area contributed by atoms with E-state index in [0.29, 0.717) is 5.92 Å². The number of piperidine rings is 1. The lowest BCUT2D eigenvalue weighted by Crippen LogP contribution is -2.38.